The molecule has 6 nitrogen and oxygen atoms in total. The van der Waals surface area contributed by atoms with Gasteiger partial charge >= 0.3 is 5.97 Å². The summed E-state index contributed by atoms with van der Waals surface area (Å²) < 4.78 is 5.00. The number of nitrogen functional groups attached to an aromatic ring is 1. The molecule has 1 aliphatic heterocycles. The maximum absolute atomic E-state index is 11.9. The number of rotatable bonds is 4. The molecule has 1 aliphatic rings. The number of piperidine rings is 1. The molecule has 4 N–H and O–H groups in total. The van der Waals surface area contributed by atoms with E-state index in [0.717, 1.165) is 5.69 Å². The van der Waals surface area contributed by atoms with Gasteiger partial charge in [-0.2, -0.15) is 0 Å². The van der Waals surface area contributed by atoms with E-state index >= 15 is 0 Å². The molecule has 0 aromatic heterocycles. The number of ether oxygens (including phenoxy) is 1. The summed E-state index contributed by atoms with van der Waals surface area (Å²) in [6.45, 7) is 3.47. The zero-order valence-corrected chi connectivity index (χ0v) is 12.2. The summed E-state index contributed by atoms with van der Waals surface area (Å²) in [6, 6.07) is 5.33. The Labute approximate surface area is 124 Å². The average molecular weight is 291 g/mol. The van der Waals surface area contributed by atoms with Crippen LogP contribution in [0.2, 0.25) is 0 Å². The van der Waals surface area contributed by atoms with E-state index in [4.69, 9.17) is 16.2 Å². The summed E-state index contributed by atoms with van der Waals surface area (Å²) in [7, 11) is 0. The van der Waals surface area contributed by atoms with Gasteiger partial charge in [-0.15, -0.1) is 0 Å². The largest absolute Gasteiger partial charge is 0.462 e. The van der Waals surface area contributed by atoms with Crippen molar-refractivity contribution in [3.05, 3.63) is 23.8 Å². The van der Waals surface area contributed by atoms with E-state index in [1.165, 1.54) is 0 Å². The molecule has 0 unspecified atom stereocenters. The number of benzene rings is 1. The third-order valence-electron chi connectivity index (χ3n) is 3.82. The molecule has 0 bridgehead atoms. The molecule has 1 aromatic carbocycles. The van der Waals surface area contributed by atoms with Gasteiger partial charge in [0.15, 0.2) is 0 Å². The molecule has 6 heteroatoms. The summed E-state index contributed by atoms with van der Waals surface area (Å²) in [6.07, 6.45) is 1.41. The first kappa shape index (κ1) is 15.2. The molecule has 0 atom stereocenters. The highest BCUT2D eigenvalue weighted by Gasteiger charge is 2.25. The molecule has 1 amide bonds. The Morgan fingerprint density at radius 2 is 2.00 bits per heavy atom. The number of anilines is 2. The number of esters is 1. The third-order valence-corrected chi connectivity index (χ3v) is 3.82. The number of nitrogens with zero attached hydrogens (tertiary/aromatic N) is 1. The number of carbonyl (C=O) groups is 2. The van der Waals surface area contributed by atoms with E-state index in [9.17, 15) is 9.59 Å². The molecule has 0 aliphatic carbocycles. The van der Waals surface area contributed by atoms with Crippen molar-refractivity contribution in [1.29, 1.82) is 0 Å². The number of carbonyl (C=O) groups excluding carboxylic acids is 2. The topological polar surface area (TPSA) is 98.6 Å². The summed E-state index contributed by atoms with van der Waals surface area (Å²) in [4.78, 5) is 25.1. The van der Waals surface area contributed by atoms with E-state index in [0.29, 0.717) is 43.8 Å². The molecule has 21 heavy (non-hydrogen) atoms. The Morgan fingerprint density at radius 3 is 2.57 bits per heavy atom. The van der Waals surface area contributed by atoms with Crippen LogP contribution in [0.25, 0.3) is 0 Å². The lowest BCUT2D eigenvalue weighted by Crippen LogP contribution is -2.39. The first-order chi connectivity index (χ1) is 10.0. The van der Waals surface area contributed by atoms with Crippen LogP contribution in [-0.4, -0.2) is 31.6 Å². The standard InChI is InChI=1S/C15H21N3O3/c1-2-21-15(20)11-4-3-5-12(13(11)16)18-8-6-10(7-9-18)14(17)19/h3-5,10H,2,6-9,16H2,1H3,(H2,17,19). The smallest absolute Gasteiger partial charge is 0.340 e. The Balaban J connectivity index is 2.16. The molecular weight excluding hydrogens is 270 g/mol. The molecule has 0 saturated carbocycles. The van der Waals surface area contributed by atoms with Crippen molar-refractivity contribution in [2.75, 3.05) is 30.3 Å². The molecule has 1 fully saturated rings. The number of hydrogen-bond acceptors (Lipinski definition) is 5. The highest BCUT2D eigenvalue weighted by Crippen LogP contribution is 2.30. The van der Waals surface area contributed by atoms with E-state index in [1.54, 1.807) is 19.1 Å². The van der Waals surface area contributed by atoms with Gasteiger partial charge in [-0.1, -0.05) is 6.07 Å². The monoisotopic (exact) mass is 291 g/mol. The first-order valence-electron chi connectivity index (χ1n) is 7.14. The van der Waals surface area contributed by atoms with Gasteiger partial charge in [0.05, 0.1) is 23.5 Å². The van der Waals surface area contributed by atoms with Crippen molar-refractivity contribution in [1.82, 2.24) is 0 Å². The Morgan fingerprint density at radius 1 is 1.33 bits per heavy atom. The van der Waals surface area contributed by atoms with E-state index in [-0.39, 0.29) is 11.8 Å². The summed E-state index contributed by atoms with van der Waals surface area (Å²) in [5, 5.41) is 0. The number of primary amides is 1. The van der Waals surface area contributed by atoms with Crippen LogP contribution in [0, 0.1) is 5.92 Å². The predicted octanol–water partition coefficient (Wildman–Crippen LogP) is 1.15. The van der Waals surface area contributed by atoms with Crippen LogP contribution in [0.15, 0.2) is 18.2 Å². The third kappa shape index (κ3) is 3.26. The van der Waals surface area contributed by atoms with Crippen LogP contribution in [-0.2, 0) is 9.53 Å². The van der Waals surface area contributed by atoms with Gasteiger partial charge in [0, 0.05) is 19.0 Å². The minimum atomic E-state index is -0.413. The summed E-state index contributed by atoms with van der Waals surface area (Å²) in [5.74, 6) is -0.734. The molecule has 1 saturated heterocycles. The lowest BCUT2D eigenvalue weighted by molar-refractivity contribution is -0.122. The highest BCUT2D eigenvalue weighted by molar-refractivity contribution is 5.98. The Kier molecular flexibility index (Phi) is 4.67. The second-order valence-corrected chi connectivity index (χ2v) is 5.12. The van der Waals surface area contributed by atoms with Crippen LogP contribution < -0.4 is 16.4 Å². The van der Waals surface area contributed by atoms with Crippen molar-refractivity contribution in [3.8, 4) is 0 Å². The van der Waals surface area contributed by atoms with Gasteiger partial charge in [0.1, 0.15) is 0 Å². The minimum absolute atomic E-state index is 0.0734. The zero-order chi connectivity index (χ0) is 15.4. The van der Waals surface area contributed by atoms with Crippen molar-refractivity contribution in [3.63, 3.8) is 0 Å². The van der Waals surface area contributed by atoms with Crippen LogP contribution in [0.4, 0.5) is 11.4 Å². The lowest BCUT2D eigenvalue weighted by Gasteiger charge is -2.33. The number of para-hydroxylation sites is 1. The van der Waals surface area contributed by atoms with Gasteiger partial charge in [-0.25, -0.2) is 4.79 Å². The van der Waals surface area contributed by atoms with Crippen molar-refractivity contribution >= 4 is 23.3 Å². The SMILES string of the molecule is CCOC(=O)c1cccc(N2CCC(C(N)=O)CC2)c1N. The molecule has 2 rings (SSSR count). The fourth-order valence-electron chi connectivity index (χ4n) is 2.62. The zero-order valence-electron chi connectivity index (χ0n) is 12.2. The van der Waals surface area contributed by atoms with Crippen LogP contribution in [0.3, 0.4) is 0 Å². The van der Waals surface area contributed by atoms with E-state index < -0.39 is 5.97 Å². The van der Waals surface area contributed by atoms with Gasteiger partial charge in [-0.3, -0.25) is 4.79 Å². The number of nitrogens with two attached hydrogens (primary N) is 2. The van der Waals surface area contributed by atoms with Gasteiger partial charge < -0.3 is 21.1 Å². The molecule has 1 heterocycles. The van der Waals surface area contributed by atoms with E-state index in [2.05, 4.69) is 4.90 Å². The lowest BCUT2D eigenvalue weighted by atomic mass is 9.95. The van der Waals surface area contributed by atoms with Crippen LogP contribution in [0.5, 0.6) is 0 Å². The van der Waals surface area contributed by atoms with Crippen molar-refractivity contribution in [2.45, 2.75) is 19.8 Å². The molecule has 0 radical (unpaired) electrons. The van der Waals surface area contributed by atoms with Crippen LogP contribution >= 0.6 is 0 Å². The predicted molar refractivity (Wildman–Crippen MR) is 80.9 cm³/mol. The first-order valence-corrected chi connectivity index (χ1v) is 7.14. The second kappa shape index (κ2) is 6.47. The Bertz CT molecular complexity index is 537. The molecule has 1 aromatic rings. The number of hydrogen-bond donors (Lipinski definition) is 2. The van der Waals surface area contributed by atoms with Crippen LogP contribution in [0.1, 0.15) is 30.1 Å². The molecular formula is C15H21N3O3. The van der Waals surface area contributed by atoms with Crippen molar-refractivity contribution in [2.24, 2.45) is 11.7 Å². The summed E-state index contributed by atoms with van der Waals surface area (Å²) >= 11 is 0. The normalized spacial score (nSPS) is 15.8. The molecule has 114 valence electrons. The van der Waals surface area contributed by atoms with Crippen molar-refractivity contribution < 1.29 is 14.3 Å². The minimum Gasteiger partial charge on any atom is -0.462 e. The van der Waals surface area contributed by atoms with E-state index in [1.807, 2.05) is 6.07 Å². The maximum atomic E-state index is 11.9. The maximum Gasteiger partial charge on any atom is 0.340 e. The molecule has 0 spiro atoms. The fourth-order valence-corrected chi connectivity index (χ4v) is 2.62. The fraction of sp³-hybridized carbons (Fsp3) is 0.467. The van der Waals surface area contributed by atoms with Gasteiger partial charge in [0.2, 0.25) is 5.91 Å². The highest BCUT2D eigenvalue weighted by atomic mass is 16.5. The summed E-state index contributed by atoms with van der Waals surface area (Å²) in [5.41, 5.74) is 13.1. The van der Waals surface area contributed by atoms with Gasteiger partial charge in [-0.05, 0) is 31.9 Å². The quantitative estimate of drug-likeness (QED) is 0.640. The van der Waals surface area contributed by atoms with Gasteiger partial charge in [0.25, 0.3) is 0 Å². The average Bonchev–Trinajstić information content (AvgIpc) is 2.48. The Hall–Kier alpha value is -2.24. The second-order valence-electron chi connectivity index (χ2n) is 5.12. The number of amides is 1.